The summed E-state index contributed by atoms with van der Waals surface area (Å²) in [5.74, 6) is -1.56. The quantitative estimate of drug-likeness (QED) is 0.837. The summed E-state index contributed by atoms with van der Waals surface area (Å²) in [6, 6.07) is 3.57. The van der Waals surface area contributed by atoms with Gasteiger partial charge in [0.1, 0.15) is 5.70 Å². The largest absolute Gasteiger partial charge is 0.477 e. The molecule has 0 aliphatic heterocycles. The molecule has 0 bridgehead atoms. The minimum atomic E-state index is -1.16. The predicted molar refractivity (Wildman–Crippen MR) is 61.4 cm³/mol. The van der Waals surface area contributed by atoms with Gasteiger partial charge in [0.15, 0.2) is 0 Å². The molecule has 0 saturated carbocycles. The van der Waals surface area contributed by atoms with E-state index in [0.29, 0.717) is 0 Å². The highest BCUT2D eigenvalue weighted by atomic mass is 79.9. The lowest BCUT2D eigenvalue weighted by Crippen LogP contribution is -2.24. The number of hydrogen-bond donors (Lipinski definition) is 2. The van der Waals surface area contributed by atoms with Crippen LogP contribution in [0.4, 0.5) is 0 Å². The van der Waals surface area contributed by atoms with Crippen LogP contribution in [0.15, 0.2) is 21.6 Å². The molecule has 0 radical (unpaired) electrons. The first-order chi connectivity index (χ1) is 6.99. The number of carbonyl (C=O) groups is 2. The SMILES string of the molecule is CC(=O)NC(=Cc1ccc(Br)s1)C(=O)O. The number of carboxylic acids is 1. The van der Waals surface area contributed by atoms with Crippen molar-refractivity contribution in [3.05, 3.63) is 26.5 Å². The highest BCUT2D eigenvalue weighted by molar-refractivity contribution is 9.11. The molecule has 6 heteroatoms. The van der Waals surface area contributed by atoms with E-state index in [-0.39, 0.29) is 5.70 Å². The molecule has 0 unspecified atom stereocenters. The summed E-state index contributed by atoms with van der Waals surface area (Å²) < 4.78 is 0.904. The van der Waals surface area contributed by atoms with Gasteiger partial charge in [-0.25, -0.2) is 4.79 Å². The molecule has 0 aliphatic carbocycles. The molecule has 15 heavy (non-hydrogen) atoms. The number of carbonyl (C=O) groups excluding carboxylic acids is 1. The standard InChI is InChI=1S/C9H8BrNO3S/c1-5(12)11-7(9(13)14)4-6-2-3-8(10)15-6/h2-4H,1H3,(H,11,12)(H,13,14). The lowest BCUT2D eigenvalue weighted by molar-refractivity contribution is -0.134. The molecule has 0 saturated heterocycles. The third-order valence-corrected chi connectivity index (χ3v) is 2.99. The Balaban J connectivity index is 2.93. The van der Waals surface area contributed by atoms with E-state index in [1.807, 2.05) is 6.07 Å². The summed E-state index contributed by atoms with van der Waals surface area (Å²) in [6.07, 6.45) is 1.42. The molecule has 0 aromatic carbocycles. The first-order valence-electron chi connectivity index (χ1n) is 3.97. The van der Waals surface area contributed by atoms with E-state index < -0.39 is 11.9 Å². The Morgan fingerprint density at radius 1 is 1.53 bits per heavy atom. The number of carboxylic acid groups (broad SMARTS) is 1. The number of hydrogen-bond acceptors (Lipinski definition) is 3. The number of amides is 1. The van der Waals surface area contributed by atoms with Gasteiger partial charge in [-0.3, -0.25) is 4.79 Å². The maximum absolute atomic E-state index is 10.8. The van der Waals surface area contributed by atoms with E-state index in [2.05, 4.69) is 21.2 Å². The number of nitrogens with one attached hydrogen (secondary N) is 1. The molecule has 0 atom stereocenters. The van der Waals surface area contributed by atoms with Crippen molar-refractivity contribution in [2.45, 2.75) is 6.92 Å². The average molecular weight is 290 g/mol. The van der Waals surface area contributed by atoms with Crippen LogP contribution in [0.25, 0.3) is 6.08 Å². The zero-order valence-corrected chi connectivity index (χ0v) is 10.2. The van der Waals surface area contributed by atoms with Crippen LogP contribution in [0.2, 0.25) is 0 Å². The maximum Gasteiger partial charge on any atom is 0.352 e. The van der Waals surface area contributed by atoms with E-state index in [9.17, 15) is 9.59 Å². The Kier molecular flexibility index (Phi) is 4.05. The molecule has 1 aromatic heterocycles. The van der Waals surface area contributed by atoms with Gasteiger partial charge in [0.2, 0.25) is 5.91 Å². The number of thiophene rings is 1. The number of halogens is 1. The smallest absolute Gasteiger partial charge is 0.352 e. The molecule has 1 aromatic rings. The molecular weight excluding hydrogens is 282 g/mol. The third kappa shape index (κ3) is 3.85. The van der Waals surface area contributed by atoms with Crippen molar-refractivity contribution in [3.8, 4) is 0 Å². The Morgan fingerprint density at radius 2 is 2.20 bits per heavy atom. The van der Waals surface area contributed by atoms with Crippen LogP contribution in [-0.4, -0.2) is 17.0 Å². The minimum Gasteiger partial charge on any atom is -0.477 e. The van der Waals surface area contributed by atoms with Crippen LogP contribution in [0.3, 0.4) is 0 Å². The van der Waals surface area contributed by atoms with Crippen LogP contribution in [-0.2, 0) is 9.59 Å². The normalized spacial score (nSPS) is 11.2. The summed E-state index contributed by atoms with van der Waals surface area (Å²) in [5.41, 5.74) is -0.128. The van der Waals surface area contributed by atoms with Crippen molar-refractivity contribution < 1.29 is 14.7 Å². The zero-order chi connectivity index (χ0) is 11.4. The van der Waals surface area contributed by atoms with Crippen molar-refractivity contribution in [2.24, 2.45) is 0 Å². The second-order valence-corrected chi connectivity index (χ2v) is 5.18. The first kappa shape index (κ1) is 11.9. The second-order valence-electron chi connectivity index (χ2n) is 2.69. The van der Waals surface area contributed by atoms with Crippen LogP contribution < -0.4 is 5.32 Å². The van der Waals surface area contributed by atoms with Crippen LogP contribution in [0.5, 0.6) is 0 Å². The van der Waals surface area contributed by atoms with Crippen molar-refractivity contribution in [2.75, 3.05) is 0 Å². The number of aliphatic carboxylic acids is 1. The average Bonchev–Trinajstić information content (AvgIpc) is 2.49. The minimum absolute atomic E-state index is 0.128. The van der Waals surface area contributed by atoms with Crippen LogP contribution in [0, 0.1) is 0 Å². The van der Waals surface area contributed by atoms with Crippen molar-refractivity contribution in [1.29, 1.82) is 0 Å². The summed E-state index contributed by atoms with van der Waals surface area (Å²) in [6.45, 7) is 1.26. The van der Waals surface area contributed by atoms with Gasteiger partial charge in [0.25, 0.3) is 0 Å². The second kappa shape index (κ2) is 5.09. The molecule has 80 valence electrons. The summed E-state index contributed by atoms with van der Waals surface area (Å²) >= 11 is 4.65. The van der Waals surface area contributed by atoms with Crippen LogP contribution in [0.1, 0.15) is 11.8 Å². The van der Waals surface area contributed by atoms with Gasteiger partial charge in [-0.1, -0.05) is 0 Å². The van der Waals surface area contributed by atoms with E-state index in [4.69, 9.17) is 5.11 Å². The summed E-state index contributed by atoms with van der Waals surface area (Å²) in [7, 11) is 0. The van der Waals surface area contributed by atoms with E-state index in [1.54, 1.807) is 6.07 Å². The van der Waals surface area contributed by atoms with Crippen molar-refractivity contribution in [1.82, 2.24) is 5.32 Å². The first-order valence-corrected chi connectivity index (χ1v) is 5.58. The van der Waals surface area contributed by atoms with E-state index in [0.717, 1.165) is 8.66 Å². The van der Waals surface area contributed by atoms with Gasteiger partial charge in [-0.2, -0.15) is 0 Å². The Hall–Kier alpha value is -1.14. The van der Waals surface area contributed by atoms with Crippen LogP contribution >= 0.6 is 27.3 Å². The van der Waals surface area contributed by atoms with E-state index >= 15 is 0 Å². The van der Waals surface area contributed by atoms with Gasteiger partial charge in [0, 0.05) is 11.8 Å². The Morgan fingerprint density at radius 3 is 2.60 bits per heavy atom. The molecule has 1 rings (SSSR count). The lowest BCUT2D eigenvalue weighted by Gasteiger charge is -2.01. The summed E-state index contributed by atoms with van der Waals surface area (Å²) in [4.78, 5) is 22.2. The van der Waals surface area contributed by atoms with Crippen molar-refractivity contribution >= 4 is 45.2 Å². The highest BCUT2D eigenvalue weighted by Gasteiger charge is 2.09. The topological polar surface area (TPSA) is 66.4 Å². The fraction of sp³-hybridized carbons (Fsp3) is 0.111. The molecule has 0 spiro atoms. The third-order valence-electron chi connectivity index (χ3n) is 1.42. The number of rotatable bonds is 3. The fourth-order valence-corrected chi connectivity index (χ4v) is 2.26. The lowest BCUT2D eigenvalue weighted by atomic mass is 10.3. The molecule has 2 N–H and O–H groups in total. The molecule has 1 amide bonds. The summed E-state index contributed by atoms with van der Waals surface area (Å²) in [5, 5.41) is 11.1. The Bertz CT molecular complexity index is 425. The highest BCUT2D eigenvalue weighted by Crippen LogP contribution is 2.23. The van der Waals surface area contributed by atoms with Gasteiger partial charge in [-0.05, 0) is 34.1 Å². The predicted octanol–water partition coefficient (Wildman–Crippen LogP) is 2.07. The van der Waals surface area contributed by atoms with E-state index in [1.165, 1.54) is 24.3 Å². The van der Waals surface area contributed by atoms with Gasteiger partial charge in [-0.15, -0.1) is 11.3 Å². The van der Waals surface area contributed by atoms with Crippen molar-refractivity contribution in [3.63, 3.8) is 0 Å². The maximum atomic E-state index is 10.8. The fourth-order valence-electron chi connectivity index (χ4n) is 0.889. The Labute approximate surface area is 98.7 Å². The van der Waals surface area contributed by atoms with Gasteiger partial charge in [0.05, 0.1) is 3.79 Å². The molecular formula is C9H8BrNO3S. The zero-order valence-electron chi connectivity index (χ0n) is 7.78. The molecule has 0 aliphatic rings. The molecule has 1 heterocycles. The monoisotopic (exact) mass is 289 g/mol. The molecule has 0 fully saturated rings. The van der Waals surface area contributed by atoms with Gasteiger partial charge < -0.3 is 10.4 Å². The van der Waals surface area contributed by atoms with Gasteiger partial charge >= 0.3 is 5.97 Å². The molecule has 4 nitrogen and oxygen atoms in total.